The summed E-state index contributed by atoms with van der Waals surface area (Å²) in [5.74, 6) is 0.150. The number of Topliss-reactive ketones (excluding diaryl/α,β-unsaturated/α-hetero) is 1. The van der Waals surface area contributed by atoms with Crippen molar-refractivity contribution in [2.24, 2.45) is 5.92 Å². The molecule has 5 heteroatoms. The number of nitrogens with one attached hydrogen (secondary N) is 1. The van der Waals surface area contributed by atoms with Gasteiger partial charge < -0.3 is 5.32 Å². The Kier molecular flexibility index (Phi) is 4.68. The number of fused-ring (bicyclic) bond motifs is 1. The van der Waals surface area contributed by atoms with Crippen LogP contribution in [-0.2, 0) is 11.2 Å². The summed E-state index contributed by atoms with van der Waals surface area (Å²) in [7, 11) is 0. The summed E-state index contributed by atoms with van der Waals surface area (Å²) in [5.41, 5.74) is 1.26. The molecular formula is C17H15ClINO2. The Morgan fingerprint density at radius 1 is 1.32 bits per heavy atom. The Balaban J connectivity index is 1.77. The average molecular weight is 428 g/mol. The summed E-state index contributed by atoms with van der Waals surface area (Å²) >= 11 is 8.25. The van der Waals surface area contributed by atoms with Crippen molar-refractivity contribution >= 4 is 45.9 Å². The van der Waals surface area contributed by atoms with E-state index in [4.69, 9.17) is 11.6 Å². The largest absolute Gasteiger partial charge is 0.342 e. The number of hydrogen-bond donors (Lipinski definition) is 1. The van der Waals surface area contributed by atoms with Crippen LogP contribution in [0, 0.1) is 5.92 Å². The number of benzene rings is 1. The van der Waals surface area contributed by atoms with E-state index in [1.54, 1.807) is 18.2 Å². The first-order chi connectivity index (χ1) is 10.5. The van der Waals surface area contributed by atoms with Crippen LogP contribution in [0.3, 0.4) is 0 Å². The highest BCUT2D eigenvalue weighted by Crippen LogP contribution is 2.26. The van der Waals surface area contributed by atoms with Crippen LogP contribution < -0.4 is 5.32 Å². The highest BCUT2D eigenvalue weighted by molar-refractivity contribution is 14.1. The maximum Gasteiger partial charge on any atom is 0.252 e. The molecular weight excluding hydrogens is 413 g/mol. The van der Waals surface area contributed by atoms with Gasteiger partial charge in [-0.2, -0.15) is 0 Å². The van der Waals surface area contributed by atoms with E-state index in [2.05, 4.69) is 46.1 Å². The van der Waals surface area contributed by atoms with Gasteiger partial charge >= 0.3 is 0 Å². The predicted molar refractivity (Wildman–Crippen MR) is 95.4 cm³/mol. The molecule has 1 N–H and O–H groups in total. The fraction of sp³-hybridized carbons (Fsp3) is 0.294. The first kappa shape index (κ1) is 15.7. The number of carbonyl (C=O) groups is 2. The van der Waals surface area contributed by atoms with Crippen LogP contribution in [0.1, 0.15) is 28.8 Å². The molecule has 1 aromatic rings. The summed E-state index contributed by atoms with van der Waals surface area (Å²) < 4.78 is 1.21. The first-order valence-corrected chi connectivity index (χ1v) is 8.64. The van der Waals surface area contributed by atoms with Crippen LogP contribution in [-0.4, -0.2) is 17.7 Å². The van der Waals surface area contributed by atoms with Gasteiger partial charge in [0.05, 0.1) is 6.04 Å². The zero-order valence-electron chi connectivity index (χ0n) is 11.8. The van der Waals surface area contributed by atoms with Gasteiger partial charge in [-0.25, -0.2) is 0 Å². The third kappa shape index (κ3) is 3.43. The van der Waals surface area contributed by atoms with Gasteiger partial charge in [-0.15, -0.1) is 0 Å². The normalized spacial score (nSPS) is 24.4. The van der Waals surface area contributed by atoms with Crippen molar-refractivity contribution in [3.05, 3.63) is 56.2 Å². The lowest BCUT2D eigenvalue weighted by Crippen LogP contribution is -2.40. The van der Waals surface area contributed by atoms with E-state index in [-0.39, 0.29) is 24.0 Å². The Morgan fingerprint density at radius 3 is 2.86 bits per heavy atom. The van der Waals surface area contributed by atoms with E-state index >= 15 is 0 Å². The third-order valence-corrected chi connectivity index (χ3v) is 5.09. The number of halogens is 2. The van der Waals surface area contributed by atoms with Crippen molar-refractivity contribution in [1.29, 1.82) is 0 Å². The minimum Gasteiger partial charge on any atom is -0.342 e. The van der Waals surface area contributed by atoms with E-state index < -0.39 is 6.04 Å². The molecule has 3 rings (SSSR count). The maximum atomic E-state index is 12.5. The van der Waals surface area contributed by atoms with Gasteiger partial charge in [0.25, 0.3) is 5.91 Å². The monoisotopic (exact) mass is 427 g/mol. The molecule has 0 saturated heterocycles. The number of hydrogen-bond acceptors (Lipinski definition) is 2. The molecule has 1 heterocycles. The average Bonchev–Trinajstić information content (AvgIpc) is 2.59. The summed E-state index contributed by atoms with van der Waals surface area (Å²) in [6.07, 6.45) is 8.14. The van der Waals surface area contributed by atoms with Gasteiger partial charge in [-0.1, -0.05) is 29.8 Å². The first-order valence-electron chi connectivity index (χ1n) is 7.19. The second-order valence-electron chi connectivity index (χ2n) is 5.65. The van der Waals surface area contributed by atoms with Crippen LogP contribution in [0.5, 0.6) is 0 Å². The zero-order chi connectivity index (χ0) is 15.7. The molecule has 3 nitrogen and oxygen atoms in total. The Morgan fingerprint density at radius 2 is 2.14 bits per heavy atom. The summed E-state index contributed by atoms with van der Waals surface area (Å²) in [6, 6.07) is 4.65. The number of amides is 1. The molecule has 1 aliphatic heterocycles. The van der Waals surface area contributed by atoms with Crippen LogP contribution in [0.15, 0.2) is 40.0 Å². The summed E-state index contributed by atoms with van der Waals surface area (Å²) in [4.78, 5) is 24.8. The maximum absolute atomic E-state index is 12.5. The molecule has 1 aromatic carbocycles. The van der Waals surface area contributed by atoms with E-state index in [9.17, 15) is 9.59 Å². The minimum absolute atomic E-state index is 0.0482. The lowest BCUT2D eigenvalue weighted by molar-refractivity contribution is -0.120. The van der Waals surface area contributed by atoms with Crippen molar-refractivity contribution in [2.45, 2.75) is 25.3 Å². The van der Waals surface area contributed by atoms with Crippen LogP contribution >= 0.6 is 34.2 Å². The molecule has 114 valence electrons. The molecule has 22 heavy (non-hydrogen) atoms. The molecule has 2 atom stereocenters. The van der Waals surface area contributed by atoms with E-state index in [1.165, 1.54) is 3.58 Å². The van der Waals surface area contributed by atoms with Gasteiger partial charge in [0.2, 0.25) is 0 Å². The second-order valence-corrected chi connectivity index (χ2v) is 7.33. The van der Waals surface area contributed by atoms with Gasteiger partial charge in [-0.3, -0.25) is 9.59 Å². The smallest absolute Gasteiger partial charge is 0.252 e. The fourth-order valence-electron chi connectivity index (χ4n) is 2.86. The predicted octanol–water partition coefficient (Wildman–Crippen LogP) is 3.85. The highest BCUT2D eigenvalue weighted by atomic mass is 127. The van der Waals surface area contributed by atoms with E-state index in [0.29, 0.717) is 22.6 Å². The molecule has 0 spiro atoms. The van der Waals surface area contributed by atoms with Gasteiger partial charge in [-0.05, 0) is 65.1 Å². The Hall–Kier alpha value is -1.14. The molecule has 1 unspecified atom stereocenters. The van der Waals surface area contributed by atoms with Gasteiger partial charge in [0.15, 0.2) is 5.78 Å². The number of carbonyl (C=O) groups excluding carboxylic acids is 2. The van der Waals surface area contributed by atoms with E-state index in [1.807, 2.05) is 0 Å². The van der Waals surface area contributed by atoms with Gasteiger partial charge in [0, 0.05) is 20.6 Å². The number of allylic oxidation sites excluding steroid dienone is 4. The summed E-state index contributed by atoms with van der Waals surface area (Å²) in [5, 5.41) is 3.42. The van der Waals surface area contributed by atoms with Crippen LogP contribution in [0.4, 0.5) is 0 Å². The van der Waals surface area contributed by atoms with Crippen LogP contribution in [0.25, 0.3) is 0 Å². The highest BCUT2D eigenvalue weighted by Gasteiger charge is 2.29. The zero-order valence-corrected chi connectivity index (χ0v) is 14.7. The molecule has 2 aliphatic rings. The molecule has 0 saturated carbocycles. The second kappa shape index (κ2) is 6.54. The van der Waals surface area contributed by atoms with Crippen molar-refractivity contribution < 1.29 is 9.59 Å². The number of ketones is 1. The topological polar surface area (TPSA) is 46.2 Å². The van der Waals surface area contributed by atoms with Crippen molar-refractivity contribution in [2.75, 3.05) is 0 Å². The minimum atomic E-state index is -0.433. The lowest BCUT2D eigenvalue weighted by Gasteiger charge is -2.21. The van der Waals surface area contributed by atoms with Crippen LogP contribution in [0.2, 0.25) is 5.02 Å². The SMILES string of the molecule is O=C1N[C@H](CC2C=CC(I)=CC2)C(=O)Cc2cc(Cl)ccc21. The molecule has 0 aromatic heterocycles. The third-order valence-electron chi connectivity index (χ3n) is 4.05. The molecule has 1 amide bonds. The van der Waals surface area contributed by atoms with Crippen molar-refractivity contribution in [3.63, 3.8) is 0 Å². The molecule has 0 bridgehead atoms. The van der Waals surface area contributed by atoms with Crippen molar-refractivity contribution in [1.82, 2.24) is 5.32 Å². The van der Waals surface area contributed by atoms with Crippen molar-refractivity contribution in [3.8, 4) is 0 Å². The molecule has 1 aliphatic carbocycles. The fourth-order valence-corrected chi connectivity index (χ4v) is 3.52. The van der Waals surface area contributed by atoms with E-state index in [0.717, 1.165) is 6.42 Å². The summed E-state index contributed by atoms with van der Waals surface area (Å²) in [6.45, 7) is 0. The molecule has 0 radical (unpaired) electrons. The lowest BCUT2D eigenvalue weighted by atomic mass is 9.90. The quantitative estimate of drug-likeness (QED) is 0.729. The molecule has 0 fully saturated rings. The Labute approximate surface area is 147 Å². The standard InChI is InChI=1S/C17H15ClINO2/c18-12-3-6-14-11(8-12)9-16(21)15(20-17(14)22)7-10-1-4-13(19)5-2-10/h1,3-6,8,10,15H,2,7,9H2,(H,20,22)/t10?,15-/m1/s1. The number of rotatable bonds is 2. The Bertz CT molecular complexity index is 696. The van der Waals surface area contributed by atoms with Gasteiger partial charge in [0.1, 0.15) is 0 Å².